The minimum Gasteiger partial charge on any atom is -0.507 e. The average molecular weight is 418 g/mol. The summed E-state index contributed by atoms with van der Waals surface area (Å²) < 4.78 is 38.8. The van der Waals surface area contributed by atoms with Crippen LogP contribution in [-0.2, 0) is 6.18 Å². The number of alkyl halides is 3. The second kappa shape index (κ2) is 7.73. The van der Waals surface area contributed by atoms with Gasteiger partial charge >= 0.3 is 6.18 Å². The van der Waals surface area contributed by atoms with Gasteiger partial charge in [0.05, 0.1) is 11.7 Å². The standard InChI is InChI=1S/C21H21F3N4O2/c1-28-10-13(9-14(29)11-28)25-20-16-5-3-2-4-15(16)19(26-27-20)17-7-6-12(8-18(17)30)21(22,23)24/h2-8,13-14,29-30H,9-11H2,1H3,(H,25,27)/t13-,14+/m1/s1. The smallest absolute Gasteiger partial charge is 0.416 e. The zero-order chi connectivity index (χ0) is 21.5. The Kier molecular flexibility index (Phi) is 5.25. The van der Waals surface area contributed by atoms with Crippen molar-refractivity contribution in [3.05, 3.63) is 48.0 Å². The molecule has 1 fully saturated rings. The first-order chi connectivity index (χ1) is 14.2. The van der Waals surface area contributed by atoms with Crippen LogP contribution < -0.4 is 5.32 Å². The van der Waals surface area contributed by atoms with Gasteiger partial charge in [-0.05, 0) is 31.7 Å². The number of halogens is 3. The third kappa shape index (κ3) is 4.03. The number of nitrogens with one attached hydrogen (secondary N) is 1. The largest absolute Gasteiger partial charge is 0.507 e. The Morgan fingerprint density at radius 2 is 1.80 bits per heavy atom. The summed E-state index contributed by atoms with van der Waals surface area (Å²) in [6.45, 7) is 1.34. The lowest BCUT2D eigenvalue weighted by molar-refractivity contribution is -0.137. The molecule has 1 saturated heterocycles. The van der Waals surface area contributed by atoms with Gasteiger partial charge in [-0.3, -0.25) is 0 Å². The molecule has 1 aliphatic heterocycles. The summed E-state index contributed by atoms with van der Waals surface area (Å²) in [7, 11) is 1.93. The van der Waals surface area contributed by atoms with Crippen molar-refractivity contribution in [2.45, 2.75) is 24.7 Å². The monoisotopic (exact) mass is 418 g/mol. The van der Waals surface area contributed by atoms with Gasteiger partial charge in [-0.25, -0.2) is 0 Å². The second-order valence-electron chi connectivity index (χ2n) is 7.62. The van der Waals surface area contributed by atoms with Crippen molar-refractivity contribution in [1.29, 1.82) is 0 Å². The first kappa shape index (κ1) is 20.4. The highest BCUT2D eigenvalue weighted by Crippen LogP contribution is 2.38. The van der Waals surface area contributed by atoms with E-state index in [2.05, 4.69) is 15.5 Å². The fourth-order valence-electron chi connectivity index (χ4n) is 3.90. The molecule has 9 heteroatoms. The molecular formula is C21H21F3N4O2. The maximum absolute atomic E-state index is 12.9. The van der Waals surface area contributed by atoms with E-state index in [9.17, 15) is 23.4 Å². The van der Waals surface area contributed by atoms with E-state index in [1.807, 2.05) is 24.1 Å². The Morgan fingerprint density at radius 3 is 2.47 bits per heavy atom. The van der Waals surface area contributed by atoms with Gasteiger partial charge in [0.2, 0.25) is 0 Å². The maximum atomic E-state index is 12.9. The normalized spacial score (nSPS) is 20.4. The fraction of sp³-hybridized carbons (Fsp3) is 0.333. The number of rotatable bonds is 3. The SMILES string of the molecule is CN1C[C@@H](O)C[C@@H](Nc2nnc(-c3ccc(C(F)(F)F)cc3O)c3ccccc23)C1. The van der Waals surface area contributed by atoms with Crippen LogP contribution in [0.15, 0.2) is 42.5 Å². The number of nitrogens with zero attached hydrogens (tertiary/aromatic N) is 3. The lowest BCUT2D eigenvalue weighted by Gasteiger charge is -2.33. The molecule has 1 aliphatic rings. The highest BCUT2D eigenvalue weighted by molar-refractivity contribution is 6.00. The number of benzene rings is 2. The maximum Gasteiger partial charge on any atom is 0.416 e. The molecule has 158 valence electrons. The number of fused-ring (bicyclic) bond motifs is 1. The van der Waals surface area contributed by atoms with Crippen LogP contribution in [0.4, 0.5) is 19.0 Å². The summed E-state index contributed by atoms with van der Waals surface area (Å²) in [6, 6.07) is 10.0. The summed E-state index contributed by atoms with van der Waals surface area (Å²) >= 11 is 0. The number of aromatic hydroxyl groups is 1. The van der Waals surface area contributed by atoms with E-state index >= 15 is 0 Å². The molecule has 0 radical (unpaired) electrons. The number of aliphatic hydroxyl groups is 1. The number of hydrogen-bond donors (Lipinski definition) is 3. The van der Waals surface area contributed by atoms with Gasteiger partial charge < -0.3 is 20.4 Å². The molecule has 0 aliphatic carbocycles. The second-order valence-corrected chi connectivity index (χ2v) is 7.62. The van der Waals surface area contributed by atoms with Crippen molar-refractivity contribution >= 4 is 16.6 Å². The minimum absolute atomic E-state index is 0.0261. The van der Waals surface area contributed by atoms with Crippen LogP contribution in [0.3, 0.4) is 0 Å². The van der Waals surface area contributed by atoms with Crippen LogP contribution >= 0.6 is 0 Å². The Morgan fingerprint density at radius 1 is 1.07 bits per heavy atom. The molecule has 0 unspecified atom stereocenters. The topological polar surface area (TPSA) is 81.5 Å². The summed E-state index contributed by atoms with van der Waals surface area (Å²) in [4.78, 5) is 2.02. The molecular weight excluding hydrogens is 397 g/mol. The summed E-state index contributed by atoms with van der Waals surface area (Å²) in [5.74, 6) is 0.00951. The highest BCUT2D eigenvalue weighted by atomic mass is 19.4. The Balaban J connectivity index is 1.73. The van der Waals surface area contributed by atoms with Crippen LogP contribution in [0.1, 0.15) is 12.0 Å². The number of aromatic nitrogens is 2. The quantitative estimate of drug-likeness (QED) is 0.604. The van der Waals surface area contributed by atoms with E-state index in [0.29, 0.717) is 35.9 Å². The lowest BCUT2D eigenvalue weighted by Crippen LogP contribution is -2.46. The van der Waals surface area contributed by atoms with Crippen LogP contribution in [0.5, 0.6) is 5.75 Å². The lowest BCUT2D eigenvalue weighted by atomic mass is 10.0. The average Bonchev–Trinajstić information content (AvgIpc) is 2.67. The number of likely N-dealkylation sites (N-methyl/N-ethyl adjacent to an activating group) is 1. The van der Waals surface area contributed by atoms with Crippen molar-refractivity contribution in [3.8, 4) is 17.0 Å². The summed E-state index contributed by atoms with van der Waals surface area (Å²) in [6.07, 6.45) is -4.42. The zero-order valence-corrected chi connectivity index (χ0v) is 16.2. The van der Waals surface area contributed by atoms with Gasteiger partial charge in [0.25, 0.3) is 0 Å². The molecule has 0 bridgehead atoms. The molecule has 3 N–H and O–H groups in total. The number of hydrogen-bond acceptors (Lipinski definition) is 6. The molecule has 3 aromatic rings. The predicted molar refractivity (Wildman–Crippen MR) is 107 cm³/mol. The van der Waals surface area contributed by atoms with Gasteiger partial charge in [0.15, 0.2) is 5.82 Å². The molecule has 0 amide bonds. The number of phenols is 1. The molecule has 30 heavy (non-hydrogen) atoms. The van der Waals surface area contributed by atoms with E-state index in [4.69, 9.17) is 0 Å². The molecule has 2 heterocycles. The van der Waals surface area contributed by atoms with Crippen molar-refractivity contribution < 1.29 is 23.4 Å². The Hall–Kier alpha value is -2.91. The van der Waals surface area contributed by atoms with Crippen LogP contribution in [0.2, 0.25) is 0 Å². The number of phenolic OH excluding ortho intramolecular Hbond substituents is 1. The zero-order valence-electron chi connectivity index (χ0n) is 16.2. The van der Waals surface area contributed by atoms with E-state index in [1.54, 1.807) is 12.1 Å². The van der Waals surface area contributed by atoms with Crippen LogP contribution in [0, 0.1) is 0 Å². The number of aliphatic hydroxyl groups excluding tert-OH is 1. The van der Waals surface area contributed by atoms with Crippen molar-refractivity contribution in [2.75, 3.05) is 25.5 Å². The predicted octanol–water partition coefficient (Wildman–Crippen LogP) is 3.50. The van der Waals surface area contributed by atoms with Gasteiger partial charge in [-0.2, -0.15) is 13.2 Å². The van der Waals surface area contributed by atoms with Gasteiger partial charge in [-0.15, -0.1) is 10.2 Å². The summed E-state index contributed by atoms with van der Waals surface area (Å²) in [5, 5.41) is 33.4. The fourth-order valence-corrected chi connectivity index (χ4v) is 3.90. The molecule has 0 saturated carbocycles. The summed E-state index contributed by atoms with van der Waals surface area (Å²) in [5.41, 5.74) is -0.464. The van der Waals surface area contributed by atoms with Gasteiger partial charge in [0, 0.05) is 35.5 Å². The van der Waals surface area contributed by atoms with Crippen molar-refractivity contribution in [1.82, 2.24) is 15.1 Å². The Labute approximate surface area is 171 Å². The highest BCUT2D eigenvalue weighted by Gasteiger charge is 2.31. The third-order valence-electron chi connectivity index (χ3n) is 5.22. The number of anilines is 1. The molecule has 1 aromatic heterocycles. The number of β-amino-alcohol motifs (C(OH)–C–C–N with tert-alkyl or cyclic N) is 1. The van der Waals surface area contributed by atoms with Crippen molar-refractivity contribution in [2.24, 2.45) is 0 Å². The van der Waals surface area contributed by atoms with Gasteiger partial charge in [0.1, 0.15) is 11.4 Å². The molecule has 6 nitrogen and oxygen atoms in total. The van der Waals surface area contributed by atoms with Crippen LogP contribution in [-0.4, -0.2) is 57.6 Å². The van der Waals surface area contributed by atoms with E-state index in [-0.39, 0.29) is 11.6 Å². The van der Waals surface area contributed by atoms with E-state index in [1.165, 1.54) is 6.07 Å². The van der Waals surface area contributed by atoms with Gasteiger partial charge in [-0.1, -0.05) is 24.3 Å². The number of piperidine rings is 1. The molecule has 4 rings (SSSR count). The third-order valence-corrected chi connectivity index (χ3v) is 5.22. The van der Waals surface area contributed by atoms with E-state index in [0.717, 1.165) is 18.0 Å². The van der Waals surface area contributed by atoms with Crippen LogP contribution in [0.25, 0.3) is 22.0 Å². The molecule has 0 spiro atoms. The first-order valence-electron chi connectivity index (χ1n) is 9.51. The van der Waals surface area contributed by atoms with E-state index < -0.39 is 23.6 Å². The minimum atomic E-state index is -4.55. The number of likely N-dealkylation sites (tertiary alicyclic amines) is 1. The first-order valence-corrected chi connectivity index (χ1v) is 9.51. The molecule has 2 aromatic carbocycles. The molecule has 2 atom stereocenters. The Bertz CT molecular complexity index is 1060. The van der Waals surface area contributed by atoms with Crippen molar-refractivity contribution in [3.63, 3.8) is 0 Å².